The maximum Gasteiger partial charge on any atom is 0.387 e. The molecule has 0 radical (unpaired) electrons. The molecule has 1 rings (SSSR count). The summed E-state index contributed by atoms with van der Waals surface area (Å²) in [6.07, 6.45) is 0. The zero-order valence-corrected chi connectivity index (χ0v) is 9.99. The van der Waals surface area contributed by atoms with Gasteiger partial charge in [0.25, 0.3) is 0 Å². The van der Waals surface area contributed by atoms with Crippen molar-refractivity contribution in [3.05, 3.63) is 24.3 Å². The van der Waals surface area contributed by atoms with Gasteiger partial charge in [-0.25, -0.2) is 0 Å². The van der Waals surface area contributed by atoms with Crippen molar-refractivity contribution in [2.45, 2.75) is 11.5 Å². The third-order valence-electron chi connectivity index (χ3n) is 1.24. The van der Waals surface area contributed by atoms with Crippen LogP contribution in [0.3, 0.4) is 0 Å². The van der Waals surface area contributed by atoms with E-state index in [4.69, 9.17) is 22.1 Å². The molecule has 0 aliphatic carbocycles. The molecule has 0 fully saturated rings. The normalized spacial score (nSPS) is 9.68. The summed E-state index contributed by atoms with van der Waals surface area (Å²) in [6.45, 7) is -2.90. The molecule has 0 heterocycles. The minimum absolute atomic E-state index is 0.0293. The average molecular weight is 295 g/mol. The predicted molar refractivity (Wildman–Crippen MR) is 55.4 cm³/mol. The second kappa shape index (κ2) is 12.1. The largest absolute Gasteiger partial charge is 0.768 e. The summed E-state index contributed by atoms with van der Waals surface area (Å²) in [6, 6.07) is 4.69. The molecule has 1 aromatic rings. The first kappa shape index (κ1) is 19.0. The van der Waals surface area contributed by atoms with Gasteiger partial charge in [-0.05, 0) is 35.3 Å². The highest BCUT2D eigenvalue weighted by molar-refractivity contribution is 7.79. The summed E-state index contributed by atoms with van der Waals surface area (Å²) in [5.41, 5.74) is 22.0. The standard InChI is InChI=1S/C7H6F2O3S.2H2N3/c8-7(9)12-5-1-3-6(4-2-5)13(10)11;2*1-3-2/h1-4,7H,(H,10,11);2*1-2H/q;2*+1/p-1. The molecule has 0 aliphatic heterocycles. The van der Waals surface area contributed by atoms with Crippen LogP contribution in [0.1, 0.15) is 0 Å². The molecule has 104 valence electrons. The van der Waals surface area contributed by atoms with Gasteiger partial charge in [0.1, 0.15) is 27.9 Å². The lowest BCUT2D eigenvalue weighted by Gasteiger charge is -2.06. The smallest absolute Gasteiger partial charge is 0.387 e. The van der Waals surface area contributed by atoms with E-state index in [1.165, 1.54) is 12.1 Å². The van der Waals surface area contributed by atoms with Gasteiger partial charge in [-0.15, -0.1) is 0 Å². The first-order valence-corrected chi connectivity index (χ1v) is 5.20. The SMILES string of the molecule is N=[N+]=N.N=[N+]=N.O=S([O-])c1ccc(OC(F)F)cc1. The van der Waals surface area contributed by atoms with Gasteiger partial charge in [0.2, 0.25) is 9.82 Å². The van der Waals surface area contributed by atoms with E-state index in [2.05, 4.69) is 4.74 Å². The van der Waals surface area contributed by atoms with Crippen molar-refractivity contribution in [1.29, 1.82) is 22.1 Å². The fraction of sp³-hybridized carbons (Fsp3) is 0.143. The summed E-state index contributed by atoms with van der Waals surface area (Å²) >= 11 is -2.34. The molecular formula is C7H9F2N6O3S+. The third kappa shape index (κ3) is 11.9. The van der Waals surface area contributed by atoms with E-state index < -0.39 is 17.7 Å². The van der Waals surface area contributed by atoms with Crippen molar-refractivity contribution in [2.75, 3.05) is 0 Å². The fourth-order valence-electron chi connectivity index (χ4n) is 0.732. The van der Waals surface area contributed by atoms with Gasteiger partial charge in [0, 0.05) is 4.90 Å². The molecule has 0 spiro atoms. The van der Waals surface area contributed by atoms with E-state index in [0.29, 0.717) is 0 Å². The second-order valence-electron chi connectivity index (χ2n) is 2.31. The number of nitrogens with zero attached hydrogens (tertiary/aromatic N) is 2. The molecule has 0 aromatic heterocycles. The fourth-order valence-corrected chi connectivity index (χ4v) is 1.09. The first-order chi connectivity index (χ1) is 8.92. The average Bonchev–Trinajstić information content (AvgIpc) is 2.31. The lowest BCUT2D eigenvalue weighted by atomic mass is 10.3. The van der Waals surface area contributed by atoms with Crippen molar-refractivity contribution in [3.63, 3.8) is 0 Å². The van der Waals surface area contributed by atoms with Crippen LogP contribution in [0.2, 0.25) is 0 Å². The summed E-state index contributed by atoms with van der Waals surface area (Å²) < 4.78 is 48.0. The van der Waals surface area contributed by atoms with E-state index in [1.54, 1.807) is 0 Å². The molecule has 19 heavy (non-hydrogen) atoms. The summed E-state index contributed by atoms with van der Waals surface area (Å²) in [5.74, 6) is -0.0656. The predicted octanol–water partition coefficient (Wildman–Crippen LogP) is 1.76. The number of nitrogens with one attached hydrogen (secondary N) is 4. The van der Waals surface area contributed by atoms with E-state index >= 15 is 0 Å². The van der Waals surface area contributed by atoms with Gasteiger partial charge in [-0.3, -0.25) is 4.21 Å². The minimum Gasteiger partial charge on any atom is -0.768 e. The quantitative estimate of drug-likeness (QED) is 0.378. The lowest BCUT2D eigenvalue weighted by molar-refractivity contribution is -0.0498. The maximum absolute atomic E-state index is 11.6. The van der Waals surface area contributed by atoms with E-state index in [1.807, 2.05) is 9.82 Å². The zero-order valence-electron chi connectivity index (χ0n) is 9.17. The van der Waals surface area contributed by atoms with Crippen LogP contribution >= 0.6 is 0 Å². The van der Waals surface area contributed by atoms with Gasteiger partial charge >= 0.3 is 6.61 Å². The van der Waals surface area contributed by atoms with Crippen LogP contribution in [-0.2, 0) is 11.1 Å². The Morgan fingerprint density at radius 3 is 1.74 bits per heavy atom. The molecule has 0 bridgehead atoms. The van der Waals surface area contributed by atoms with Crippen molar-refractivity contribution in [3.8, 4) is 5.75 Å². The highest BCUT2D eigenvalue weighted by atomic mass is 32.2. The number of hydrogen-bond donors (Lipinski definition) is 4. The molecular weight excluding hydrogens is 286 g/mol. The van der Waals surface area contributed by atoms with Gasteiger partial charge in [-0.2, -0.15) is 8.78 Å². The topological polar surface area (TPSA) is 173 Å². The Bertz CT molecular complexity index is 444. The Morgan fingerprint density at radius 2 is 1.47 bits per heavy atom. The van der Waals surface area contributed by atoms with Crippen LogP contribution in [0.5, 0.6) is 5.75 Å². The highest BCUT2D eigenvalue weighted by Gasteiger charge is 2.03. The number of hydrogen-bond acceptors (Lipinski definition) is 7. The summed E-state index contributed by atoms with van der Waals surface area (Å²) in [4.78, 5) is 4.03. The number of rotatable bonds is 3. The number of ether oxygens (including phenoxy) is 1. The van der Waals surface area contributed by atoms with Crippen LogP contribution in [-0.4, -0.2) is 15.4 Å². The van der Waals surface area contributed by atoms with Crippen molar-refractivity contribution in [1.82, 2.24) is 9.82 Å². The summed E-state index contributed by atoms with van der Waals surface area (Å²) in [7, 11) is 0. The van der Waals surface area contributed by atoms with Crippen LogP contribution in [0.4, 0.5) is 8.78 Å². The number of halogens is 2. The van der Waals surface area contributed by atoms with Gasteiger partial charge in [-0.1, -0.05) is 0 Å². The number of benzene rings is 1. The molecule has 0 saturated heterocycles. The molecule has 1 aromatic carbocycles. The Balaban J connectivity index is 0. The molecule has 0 saturated carbocycles. The van der Waals surface area contributed by atoms with Crippen LogP contribution in [0, 0.1) is 22.1 Å². The molecule has 1 atom stereocenters. The van der Waals surface area contributed by atoms with Crippen LogP contribution in [0.25, 0.3) is 0 Å². The van der Waals surface area contributed by atoms with Crippen LogP contribution < -0.4 is 14.6 Å². The third-order valence-corrected chi connectivity index (χ3v) is 1.90. The Kier molecular flexibility index (Phi) is 12.1. The van der Waals surface area contributed by atoms with Crippen molar-refractivity contribution < 1.29 is 22.3 Å². The molecule has 12 heteroatoms. The van der Waals surface area contributed by atoms with Gasteiger partial charge < -0.3 is 9.29 Å². The highest BCUT2D eigenvalue weighted by Crippen LogP contribution is 2.15. The minimum atomic E-state index is -2.90. The Morgan fingerprint density at radius 1 is 1.11 bits per heavy atom. The Hall–Kier alpha value is -2.39. The van der Waals surface area contributed by atoms with Gasteiger partial charge in [0.05, 0.1) is 0 Å². The van der Waals surface area contributed by atoms with Gasteiger partial charge in [0.15, 0.2) is 0 Å². The van der Waals surface area contributed by atoms with E-state index in [-0.39, 0.29) is 10.6 Å². The molecule has 1 unspecified atom stereocenters. The number of alkyl halides is 2. The molecule has 0 aliphatic rings. The zero-order chi connectivity index (χ0) is 15.3. The van der Waals surface area contributed by atoms with Crippen molar-refractivity contribution >= 4 is 11.1 Å². The first-order valence-electron chi connectivity index (χ1n) is 4.13. The summed E-state index contributed by atoms with van der Waals surface area (Å²) in [5, 5.41) is 0. The van der Waals surface area contributed by atoms with Crippen LogP contribution in [0.15, 0.2) is 29.2 Å². The second-order valence-corrected chi connectivity index (χ2v) is 3.25. The Labute approximate surface area is 107 Å². The molecule has 4 N–H and O–H groups in total. The maximum atomic E-state index is 11.6. The molecule has 9 nitrogen and oxygen atoms in total. The van der Waals surface area contributed by atoms with Crippen molar-refractivity contribution in [2.24, 2.45) is 0 Å². The van der Waals surface area contributed by atoms with E-state index in [9.17, 15) is 17.5 Å². The lowest BCUT2D eigenvalue weighted by Crippen LogP contribution is -2.01. The monoisotopic (exact) mass is 295 g/mol. The van der Waals surface area contributed by atoms with E-state index in [0.717, 1.165) is 12.1 Å². The molecule has 0 amide bonds.